The lowest BCUT2D eigenvalue weighted by molar-refractivity contribution is 0.112. The minimum absolute atomic E-state index is 0.764. The molecule has 0 unspecified atom stereocenters. The van der Waals surface area contributed by atoms with Gasteiger partial charge in [0.25, 0.3) is 0 Å². The summed E-state index contributed by atoms with van der Waals surface area (Å²) >= 11 is 5.09. The van der Waals surface area contributed by atoms with Gasteiger partial charge in [0.05, 0.1) is 4.88 Å². The molecule has 0 aliphatic rings. The molecular formula is C25H17NOS3. The normalized spacial score (nSPS) is 10.8. The van der Waals surface area contributed by atoms with E-state index >= 15 is 0 Å². The molecule has 0 fully saturated rings. The van der Waals surface area contributed by atoms with Crippen LogP contribution in [0.1, 0.15) is 9.67 Å². The average Bonchev–Trinajstić information content (AvgIpc) is 3.55. The summed E-state index contributed by atoms with van der Waals surface area (Å²) in [4.78, 5) is 18.9. The molecular weight excluding hydrogens is 426 g/mol. The Morgan fingerprint density at radius 2 is 1.03 bits per heavy atom. The fourth-order valence-corrected chi connectivity index (χ4v) is 6.35. The minimum atomic E-state index is 0.764. The molecule has 3 heterocycles. The quantitative estimate of drug-likeness (QED) is 0.245. The van der Waals surface area contributed by atoms with Gasteiger partial charge in [-0.1, -0.05) is 36.4 Å². The lowest BCUT2D eigenvalue weighted by Gasteiger charge is -2.23. The van der Waals surface area contributed by atoms with E-state index in [4.69, 9.17) is 0 Å². The molecule has 3 aromatic heterocycles. The molecule has 0 N–H and O–H groups in total. The summed E-state index contributed by atoms with van der Waals surface area (Å²) in [5, 5.41) is 1.18. The Morgan fingerprint density at radius 3 is 1.60 bits per heavy atom. The molecule has 0 saturated heterocycles. The maximum absolute atomic E-state index is 11.0. The second kappa shape index (κ2) is 8.40. The van der Waals surface area contributed by atoms with Gasteiger partial charge in [-0.15, -0.1) is 34.0 Å². The van der Waals surface area contributed by atoms with E-state index in [2.05, 4.69) is 77.7 Å². The van der Waals surface area contributed by atoms with Crippen molar-refractivity contribution < 1.29 is 4.79 Å². The third-order valence-corrected chi connectivity index (χ3v) is 8.23. The van der Waals surface area contributed by atoms with Gasteiger partial charge in [0.1, 0.15) is 5.00 Å². The Morgan fingerprint density at radius 1 is 0.533 bits per heavy atom. The summed E-state index contributed by atoms with van der Waals surface area (Å²) in [7, 11) is 0. The van der Waals surface area contributed by atoms with Crippen LogP contribution in [0.3, 0.4) is 0 Å². The summed E-state index contributed by atoms with van der Waals surface area (Å²) in [6, 6.07) is 33.5. The predicted octanol–water partition coefficient (Wildman–Crippen LogP) is 8.49. The van der Waals surface area contributed by atoms with E-state index in [9.17, 15) is 4.79 Å². The van der Waals surface area contributed by atoms with Gasteiger partial charge in [0.15, 0.2) is 6.29 Å². The van der Waals surface area contributed by atoms with Crippen molar-refractivity contribution in [1.82, 2.24) is 0 Å². The Kier molecular flexibility index (Phi) is 5.32. The largest absolute Gasteiger partial charge is 0.302 e. The van der Waals surface area contributed by atoms with Gasteiger partial charge in [-0.05, 0) is 60.7 Å². The van der Waals surface area contributed by atoms with E-state index in [1.807, 2.05) is 24.3 Å². The maximum Gasteiger partial charge on any atom is 0.160 e. The van der Waals surface area contributed by atoms with Crippen LogP contribution in [0.2, 0.25) is 0 Å². The van der Waals surface area contributed by atoms with Crippen molar-refractivity contribution in [2.45, 2.75) is 0 Å². The first kappa shape index (κ1) is 19.0. The average molecular weight is 444 g/mol. The number of aldehydes is 1. The Hall–Kier alpha value is -2.99. The molecule has 0 spiro atoms. The molecule has 5 heteroatoms. The number of thiophene rings is 3. The highest BCUT2D eigenvalue weighted by molar-refractivity contribution is 7.27. The molecule has 5 rings (SSSR count). The third kappa shape index (κ3) is 3.75. The van der Waals surface area contributed by atoms with Gasteiger partial charge in [-0.3, -0.25) is 4.79 Å². The summed E-state index contributed by atoms with van der Waals surface area (Å²) < 4.78 is 0. The first-order valence-electron chi connectivity index (χ1n) is 9.47. The first-order chi connectivity index (χ1) is 14.8. The van der Waals surface area contributed by atoms with E-state index in [0.29, 0.717) is 0 Å². The third-order valence-electron chi connectivity index (χ3n) is 4.68. The Balaban J connectivity index is 1.50. The van der Waals surface area contributed by atoms with Crippen molar-refractivity contribution in [3.8, 4) is 19.5 Å². The van der Waals surface area contributed by atoms with Crippen molar-refractivity contribution in [2.75, 3.05) is 4.90 Å². The Bertz CT molecular complexity index is 1230. The highest BCUT2D eigenvalue weighted by atomic mass is 32.1. The molecule has 0 amide bonds. The highest BCUT2D eigenvalue weighted by Gasteiger charge is 2.16. The van der Waals surface area contributed by atoms with Crippen molar-refractivity contribution >= 4 is 56.7 Å². The number of benzene rings is 2. The number of nitrogens with zero attached hydrogens (tertiary/aromatic N) is 1. The van der Waals surface area contributed by atoms with Crippen molar-refractivity contribution in [3.63, 3.8) is 0 Å². The fraction of sp³-hybridized carbons (Fsp3) is 0. The maximum atomic E-state index is 11.0. The molecule has 0 atom stereocenters. The standard InChI is InChI=1S/C25H17NOS3/c27-17-20-11-12-21(28-20)22-13-14-23(29-22)24-15-16-25(30-24)26(18-7-3-1-4-8-18)19-9-5-2-6-10-19/h1-17H. The monoisotopic (exact) mass is 443 g/mol. The van der Waals surface area contributed by atoms with Crippen LogP contribution >= 0.6 is 34.0 Å². The topological polar surface area (TPSA) is 20.3 Å². The van der Waals surface area contributed by atoms with Crippen LogP contribution in [0, 0.1) is 0 Å². The molecule has 2 aromatic carbocycles. The number of rotatable bonds is 6. The molecule has 0 aliphatic heterocycles. The molecule has 2 nitrogen and oxygen atoms in total. The molecule has 0 aliphatic carbocycles. The number of para-hydroxylation sites is 2. The molecule has 30 heavy (non-hydrogen) atoms. The smallest absolute Gasteiger partial charge is 0.160 e. The molecule has 5 aromatic rings. The van der Waals surface area contributed by atoms with Gasteiger partial charge in [-0.25, -0.2) is 0 Å². The molecule has 0 bridgehead atoms. The predicted molar refractivity (Wildman–Crippen MR) is 131 cm³/mol. The lowest BCUT2D eigenvalue weighted by atomic mass is 10.2. The van der Waals surface area contributed by atoms with Crippen molar-refractivity contribution in [3.05, 3.63) is 102 Å². The van der Waals surface area contributed by atoms with Gasteiger partial charge >= 0.3 is 0 Å². The molecule has 146 valence electrons. The van der Waals surface area contributed by atoms with E-state index in [1.165, 1.54) is 31.0 Å². The van der Waals surface area contributed by atoms with Gasteiger partial charge in [0, 0.05) is 30.9 Å². The summed E-state index contributed by atoms with van der Waals surface area (Å²) in [5.74, 6) is 0. The SMILES string of the molecule is O=Cc1ccc(-c2ccc(-c3ccc(N(c4ccccc4)c4ccccc4)s3)s2)s1. The van der Waals surface area contributed by atoms with Crippen LogP contribution in [0.15, 0.2) is 97.1 Å². The number of carbonyl (C=O) groups is 1. The fourth-order valence-electron chi connectivity index (χ4n) is 3.29. The number of hydrogen-bond donors (Lipinski definition) is 0. The number of carbonyl (C=O) groups excluding carboxylic acids is 1. The number of hydrogen-bond acceptors (Lipinski definition) is 5. The Labute approximate surface area is 187 Å². The van der Waals surface area contributed by atoms with Crippen LogP contribution in [-0.2, 0) is 0 Å². The number of anilines is 3. The van der Waals surface area contributed by atoms with E-state index in [1.54, 1.807) is 22.7 Å². The van der Waals surface area contributed by atoms with E-state index in [0.717, 1.165) is 27.4 Å². The van der Waals surface area contributed by atoms with Crippen molar-refractivity contribution in [2.24, 2.45) is 0 Å². The van der Waals surface area contributed by atoms with Crippen LogP contribution in [-0.4, -0.2) is 6.29 Å². The van der Waals surface area contributed by atoms with Crippen LogP contribution < -0.4 is 4.90 Å². The van der Waals surface area contributed by atoms with Gasteiger partial charge in [0.2, 0.25) is 0 Å². The zero-order valence-corrected chi connectivity index (χ0v) is 18.3. The molecule has 0 saturated carbocycles. The van der Waals surface area contributed by atoms with Crippen LogP contribution in [0.5, 0.6) is 0 Å². The van der Waals surface area contributed by atoms with Gasteiger partial charge in [-0.2, -0.15) is 0 Å². The zero-order valence-electron chi connectivity index (χ0n) is 15.9. The van der Waals surface area contributed by atoms with E-state index < -0.39 is 0 Å². The van der Waals surface area contributed by atoms with Crippen molar-refractivity contribution in [1.29, 1.82) is 0 Å². The lowest BCUT2D eigenvalue weighted by Crippen LogP contribution is -2.07. The highest BCUT2D eigenvalue weighted by Crippen LogP contribution is 2.44. The summed E-state index contributed by atoms with van der Waals surface area (Å²) in [5.41, 5.74) is 2.29. The van der Waals surface area contributed by atoms with Crippen LogP contribution in [0.25, 0.3) is 19.5 Å². The minimum Gasteiger partial charge on any atom is -0.302 e. The summed E-state index contributed by atoms with van der Waals surface area (Å²) in [6.07, 6.45) is 0.913. The first-order valence-corrected chi connectivity index (χ1v) is 11.9. The second-order valence-corrected chi connectivity index (χ2v) is 9.89. The van der Waals surface area contributed by atoms with E-state index in [-0.39, 0.29) is 0 Å². The zero-order chi connectivity index (χ0) is 20.3. The van der Waals surface area contributed by atoms with Crippen LogP contribution in [0.4, 0.5) is 16.4 Å². The summed E-state index contributed by atoms with van der Waals surface area (Å²) in [6.45, 7) is 0. The van der Waals surface area contributed by atoms with Gasteiger partial charge < -0.3 is 4.90 Å². The second-order valence-electron chi connectivity index (χ2n) is 6.63. The molecule has 0 radical (unpaired) electrons.